The fraction of sp³-hybridized carbons (Fsp3) is 0.0909. The third kappa shape index (κ3) is 2.38. The maximum atomic E-state index is 12.4. The average molecular weight is 316 g/mol. The molecule has 0 saturated heterocycles. The molecule has 18 heavy (non-hydrogen) atoms. The van der Waals surface area contributed by atoms with Crippen LogP contribution in [0, 0.1) is 11.3 Å². The van der Waals surface area contributed by atoms with Gasteiger partial charge in [-0.1, -0.05) is 0 Å². The molecule has 1 heterocycles. The van der Waals surface area contributed by atoms with Crippen LogP contribution < -0.4 is 0 Å². The highest BCUT2D eigenvalue weighted by molar-refractivity contribution is 9.10. The lowest BCUT2D eigenvalue weighted by Crippen LogP contribution is -2.03. The molecule has 0 N–H and O–H groups in total. The number of nitrogens with zero attached hydrogens (tertiary/aromatic N) is 3. The molecule has 0 amide bonds. The highest BCUT2D eigenvalue weighted by Crippen LogP contribution is 2.29. The summed E-state index contributed by atoms with van der Waals surface area (Å²) in [5.41, 5.74) is 0.0290. The van der Waals surface area contributed by atoms with Crippen LogP contribution in [0.2, 0.25) is 0 Å². The molecule has 0 fully saturated rings. The minimum atomic E-state index is -4.41. The molecule has 0 atom stereocenters. The maximum Gasteiger partial charge on any atom is 0.419 e. The Balaban J connectivity index is 2.41. The van der Waals surface area contributed by atoms with Crippen molar-refractivity contribution in [1.29, 1.82) is 5.26 Å². The molecule has 0 aliphatic carbocycles. The molecular formula is C11H5BrF3N3. The standard InChI is InChI=1S/C11H5BrF3N3/c12-10-3-9(2-1-7(10)4-16)18-6-8(5-17-18)11(13,14)15/h1-3,5-6H. The van der Waals surface area contributed by atoms with Gasteiger partial charge in [0.2, 0.25) is 0 Å². The zero-order valence-corrected chi connectivity index (χ0v) is 10.3. The Hall–Kier alpha value is -1.81. The number of hydrogen-bond donors (Lipinski definition) is 0. The molecule has 92 valence electrons. The Morgan fingerprint density at radius 3 is 2.56 bits per heavy atom. The number of aromatic nitrogens is 2. The zero-order chi connectivity index (χ0) is 13.3. The number of rotatable bonds is 1. The smallest absolute Gasteiger partial charge is 0.240 e. The molecule has 0 radical (unpaired) electrons. The van der Waals surface area contributed by atoms with Crippen LogP contribution in [0.3, 0.4) is 0 Å². The Labute approximate surface area is 109 Å². The van der Waals surface area contributed by atoms with Gasteiger partial charge in [-0.2, -0.15) is 23.5 Å². The second-order valence-corrected chi connectivity index (χ2v) is 4.30. The zero-order valence-electron chi connectivity index (χ0n) is 8.74. The van der Waals surface area contributed by atoms with Crippen LogP contribution in [0.25, 0.3) is 5.69 Å². The second-order valence-electron chi connectivity index (χ2n) is 3.45. The number of halogens is 4. The van der Waals surface area contributed by atoms with E-state index in [1.165, 1.54) is 18.2 Å². The van der Waals surface area contributed by atoms with E-state index in [1.54, 1.807) is 0 Å². The fourth-order valence-corrected chi connectivity index (χ4v) is 1.80. The molecule has 7 heteroatoms. The molecule has 0 spiro atoms. The van der Waals surface area contributed by atoms with E-state index >= 15 is 0 Å². The lowest BCUT2D eigenvalue weighted by atomic mass is 10.2. The van der Waals surface area contributed by atoms with Crippen molar-refractivity contribution in [3.05, 3.63) is 46.2 Å². The molecule has 2 aromatic rings. The van der Waals surface area contributed by atoms with Crippen LogP contribution in [0.1, 0.15) is 11.1 Å². The van der Waals surface area contributed by atoms with Crippen molar-refractivity contribution in [2.45, 2.75) is 6.18 Å². The lowest BCUT2D eigenvalue weighted by Gasteiger charge is -2.03. The predicted octanol–water partition coefficient (Wildman–Crippen LogP) is 3.53. The molecule has 1 aromatic carbocycles. The van der Waals surface area contributed by atoms with Gasteiger partial charge in [0.25, 0.3) is 0 Å². The van der Waals surface area contributed by atoms with Crippen LogP contribution >= 0.6 is 15.9 Å². The summed E-state index contributed by atoms with van der Waals surface area (Å²) < 4.78 is 38.8. The van der Waals surface area contributed by atoms with Crippen molar-refractivity contribution in [2.24, 2.45) is 0 Å². The minimum absolute atomic E-state index is 0.405. The summed E-state index contributed by atoms with van der Waals surface area (Å²) in [6, 6.07) is 6.51. The van der Waals surface area contributed by atoms with Gasteiger partial charge in [-0.25, -0.2) is 4.68 Å². The van der Waals surface area contributed by atoms with Crippen LogP contribution in [0.15, 0.2) is 35.1 Å². The number of nitriles is 1. The quantitative estimate of drug-likeness (QED) is 0.808. The van der Waals surface area contributed by atoms with Crippen LogP contribution in [0.5, 0.6) is 0 Å². The first-order valence-electron chi connectivity index (χ1n) is 4.73. The highest BCUT2D eigenvalue weighted by Gasteiger charge is 2.32. The van der Waals surface area contributed by atoms with Crippen molar-refractivity contribution in [1.82, 2.24) is 9.78 Å². The number of hydrogen-bond acceptors (Lipinski definition) is 2. The maximum absolute atomic E-state index is 12.4. The normalized spacial score (nSPS) is 11.3. The van der Waals surface area contributed by atoms with E-state index in [0.29, 0.717) is 15.7 Å². The minimum Gasteiger partial charge on any atom is -0.240 e. The molecule has 1 aromatic heterocycles. The van der Waals surface area contributed by atoms with E-state index in [0.717, 1.165) is 17.1 Å². The van der Waals surface area contributed by atoms with E-state index in [2.05, 4.69) is 21.0 Å². The SMILES string of the molecule is N#Cc1ccc(-n2cc(C(F)(F)F)cn2)cc1Br. The molecule has 0 unspecified atom stereocenters. The molecule has 0 bridgehead atoms. The third-order valence-electron chi connectivity index (χ3n) is 2.25. The molecule has 0 saturated carbocycles. The van der Waals surface area contributed by atoms with Gasteiger partial charge in [0, 0.05) is 10.7 Å². The van der Waals surface area contributed by atoms with Gasteiger partial charge in [0.1, 0.15) is 6.07 Å². The van der Waals surface area contributed by atoms with Crippen LogP contribution in [-0.2, 0) is 6.18 Å². The molecular weight excluding hydrogens is 311 g/mol. The summed E-state index contributed by atoms with van der Waals surface area (Å²) in [5, 5.41) is 12.4. The van der Waals surface area contributed by atoms with E-state index in [9.17, 15) is 13.2 Å². The number of benzene rings is 1. The molecule has 0 aliphatic rings. The van der Waals surface area contributed by atoms with E-state index < -0.39 is 11.7 Å². The van der Waals surface area contributed by atoms with Crippen molar-refractivity contribution in [3.63, 3.8) is 0 Å². The topological polar surface area (TPSA) is 41.6 Å². The Bertz CT molecular complexity index is 625. The first kappa shape index (κ1) is 12.6. The van der Waals surface area contributed by atoms with Gasteiger partial charge in [0.05, 0.1) is 23.0 Å². The second kappa shape index (κ2) is 4.46. The molecule has 3 nitrogen and oxygen atoms in total. The summed E-state index contributed by atoms with van der Waals surface area (Å²) in [6.07, 6.45) is -2.76. The van der Waals surface area contributed by atoms with Crippen LogP contribution in [-0.4, -0.2) is 9.78 Å². The Kier molecular flexibility index (Phi) is 3.13. The summed E-state index contributed by atoms with van der Waals surface area (Å²) in [6.45, 7) is 0. The first-order chi connectivity index (χ1) is 8.41. The lowest BCUT2D eigenvalue weighted by molar-refractivity contribution is -0.137. The summed E-state index contributed by atoms with van der Waals surface area (Å²) in [7, 11) is 0. The van der Waals surface area contributed by atoms with Crippen molar-refractivity contribution in [3.8, 4) is 11.8 Å². The largest absolute Gasteiger partial charge is 0.419 e. The predicted molar refractivity (Wildman–Crippen MR) is 61.0 cm³/mol. The van der Waals surface area contributed by atoms with E-state index in [-0.39, 0.29) is 0 Å². The molecule has 2 rings (SSSR count). The number of alkyl halides is 3. The average Bonchev–Trinajstić information content (AvgIpc) is 2.77. The van der Waals surface area contributed by atoms with Gasteiger partial charge in [-0.15, -0.1) is 0 Å². The first-order valence-corrected chi connectivity index (χ1v) is 5.53. The highest BCUT2D eigenvalue weighted by atomic mass is 79.9. The van der Waals surface area contributed by atoms with E-state index in [1.807, 2.05) is 6.07 Å². The van der Waals surface area contributed by atoms with Crippen LogP contribution in [0.4, 0.5) is 13.2 Å². The Morgan fingerprint density at radius 1 is 1.33 bits per heavy atom. The van der Waals surface area contributed by atoms with Crippen molar-refractivity contribution < 1.29 is 13.2 Å². The van der Waals surface area contributed by atoms with Gasteiger partial charge in [0.15, 0.2) is 0 Å². The van der Waals surface area contributed by atoms with Gasteiger partial charge in [-0.3, -0.25) is 0 Å². The van der Waals surface area contributed by atoms with Gasteiger partial charge in [-0.05, 0) is 34.1 Å². The third-order valence-corrected chi connectivity index (χ3v) is 2.90. The fourth-order valence-electron chi connectivity index (χ4n) is 1.35. The van der Waals surface area contributed by atoms with Crippen molar-refractivity contribution in [2.75, 3.05) is 0 Å². The summed E-state index contributed by atoms with van der Waals surface area (Å²) in [5.74, 6) is 0. The monoisotopic (exact) mass is 315 g/mol. The summed E-state index contributed by atoms with van der Waals surface area (Å²) >= 11 is 3.17. The van der Waals surface area contributed by atoms with Crippen molar-refractivity contribution >= 4 is 15.9 Å². The summed E-state index contributed by atoms with van der Waals surface area (Å²) in [4.78, 5) is 0. The molecule has 0 aliphatic heterocycles. The Morgan fingerprint density at radius 2 is 2.06 bits per heavy atom. The van der Waals surface area contributed by atoms with Gasteiger partial charge < -0.3 is 0 Å². The van der Waals surface area contributed by atoms with Gasteiger partial charge >= 0.3 is 6.18 Å². The van der Waals surface area contributed by atoms with E-state index in [4.69, 9.17) is 5.26 Å².